The van der Waals surface area contributed by atoms with E-state index in [0.717, 1.165) is 0 Å². The molecule has 1 amide bonds. The Bertz CT molecular complexity index is 1010. The molecule has 2 aromatic rings. The van der Waals surface area contributed by atoms with Gasteiger partial charge in [0.1, 0.15) is 0 Å². The Morgan fingerprint density at radius 1 is 1.14 bits per heavy atom. The highest BCUT2D eigenvalue weighted by Crippen LogP contribution is 2.26. The largest absolute Gasteiger partial charge is 0.465 e. The van der Waals surface area contributed by atoms with Crippen LogP contribution >= 0.6 is 23.2 Å². The van der Waals surface area contributed by atoms with Crippen molar-refractivity contribution in [1.29, 1.82) is 0 Å². The van der Waals surface area contributed by atoms with Crippen LogP contribution in [-0.4, -0.2) is 32.7 Å². The number of cyclic esters (lactones) is 1. The van der Waals surface area contributed by atoms with Crippen molar-refractivity contribution in [3.05, 3.63) is 58.1 Å². The van der Waals surface area contributed by atoms with Crippen LogP contribution in [0.2, 0.25) is 10.0 Å². The number of halogens is 2. The number of benzene rings is 2. The number of carbonyl (C=O) groups is 2. The van der Waals surface area contributed by atoms with Gasteiger partial charge in [0, 0.05) is 5.69 Å². The van der Waals surface area contributed by atoms with Gasteiger partial charge in [-0.3, -0.25) is 9.59 Å². The van der Waals surface area contributed by atoms with E-state index in [0.29, 0.717) is 27.7 Å². The molecule has 1 atom stereocenters. The minimum atomic E-state index is -3.63. The molecule has 148 valence electrons. The van der Waals surface area contributed by atoms with Gasteiger partial charge in [0.15, 0.2) is 9.84 Å². The molecule has 1 aliphatic rings. The first kappa shape index (κ1) is 20.6. The first-order chi connectivity index (χ1) is 13.3. The average Bonchev–Trinajstić information content (AvgIpc) is 3.03. The van der Waals surface area contributed by atoms with Crippen LogP contribution in [0.3, 0.4) is 0 Å². The van der Waals surface area contributed by atoms with Gasteiger partial charge in [-0.1, -0.05) is 35.3 Å². The molecule has 28 heavy (non-hydrogen) atoms. The first-order valence-corrected chi connectivity index (χ1v) is 10.9. The maximum Gasteiger partial charge on any atom is 0.310 e. The van der Waals surface area contributed by atoms with Crippen LogP contribution < -0.4 is 5.32 Å². The van der Waals surface area contributed by atoms with Crippen molar-refractivity contribution in [1.82, 2.24) is 0 Å². The number of amides is 1. The van der Waals surface area contributed by atoms with Gasteiger partial charge in [-0.15, -0.1) is 0 Å². The third-order valence-corrected chi connectivity index (χ3v) is 7.03. The number of hydrogen-bond acceptors (Lipinski definition) is 5. The lowest BCUT2D eigenvalue weighted by atomic mass is 10.1. The highest BCUT2D eigenvalue weighted by atomic mass is 35.5. The van der Waals surface area contributed by atoms with Gasteiger partial charge >= 0.3 is 5.97 Å². The minimum Gasteiger partial charge on any atom is -0.465 e. The second kappa shape index (κ2) is 8.51. The van der Waals surface area contributed by atoms with E-state index in [1.165, 1.54) is 24.3 Å². The van der Waals surface area contributed by atoms with Crippen LogP contribution in [0.5, 0.6) is 0 Å². The first-order valence-electron chi connectivity index (χ1n) is 8.48. The number of ether oxygens (including phenoxy) is 1. The smallest absolute Gasteiger partial charge is 0.310 e. The lowest BCUT2D eigenvalue weighted by Crippen LogP contribution is -2.20. The summed E-state index contributed by atoms with van der Waals surface area (Å²) in [5, 5.41) is 3.38. The molecule has 0 aliphatic carbocycles. The van der Waals surface area contributed by atoms with Crippen molar-refractivity contribution in [2.24, 2.45) is 5.92 Å². The molecule has 1 heterocycles. The fourth-order valence-electron chi connectivity index (χ4n) is 2.86. The van der Waals surface area contributed by atoms with Crippen LogP contribution in [-0.2, 0) is 30.6 Å². The SMILES string of the molecule is O=C(Cc1cccc(Cl)c1Cl)Nc1ccc(S(=O)(=O)CC2CCOC2=O)cc1. The lowest BCUT2D eigenvalue weighted by Gasteiger charge is -2.10. The van der Waals surface area contributed by atoms with Gasteiger partial charge in [0.25, 0.3) is 0 Å². The lowest BCUT2D eigenvalue weighted by molar-refractivity contribution is -0.140. The van der Waals surface area contributed by atoms with Crippen molar-refractivity contribution in [3.8, 4) is 0 Å². The molecule has 1 aliphatic heterocycles. The maximum atomic E-state index is 12.5. The molecule has 1 N–H and O–H groups in total. The minimum absolute atomic E-state index is 0.0310. The van der Waals surface area contributed by atoms with Crippen molar-refractivity contribution in [3.63, 3.8) is 0 Å². The number of nitrogens with one attached hydrogen (secondary N) is 1. The van der Waals surface area contributed by atoms with Crippen LogP contribution in [0.15, 0.2) is 47.4 Å². The quantitative estimate of drug-likeness (QED) is 0.692. The molecular formula is C19H17Cl2NO5S. The van der Waals surface area contributed by atoms with Crippen LogP contribution in [0, 0.1) is 5.92 Å². The van der Waals surface area contributed by atoms with Gasteiger partial charge in [0.05, 0.1) is 39.6 Å². The van der Waals surface area contributed by atoms with E-state index >= 15 is 0 Å². The fraction of sp³-hybridized carbons (Fsp3) is 0.263. The summed E-state index contributed by atoms with van der Waals surface area (Å²) in [5.41, 5.74) is 1.04. The highest BCUT2D eigenvalue weighted by Gasteiger charge is 2.32. The Labute approximate surface area is 172 Å². The van der Waals surface area contributed by atoms with Gasteiger partial charge in [-0.25, -0.2) is 8.42 Å². The molecule has 2 aromatic carbocycles. The molecule has 0 spiro atoms. The predicted octanol–water partition coefficient (Wildman–Crippen LogP) is 3.51. The van der Waals surface area contributed by atoms with E-state index in [2.05, 4.69) is 5.32 Å². The molecule has 1 fully saturated rings. The van der Waals surface area contributed by atoms with Crippen molar-refractivity contribution in [2.45, 2.75) is 17.7 Å². The van der Waals surface area contributed by atoms with Crippen molar-refractivity contribution < 1.29 is 22.7 Å². The Morgan fingerprint density at radius 2 is 1.86 bits per heavy atom. The molecule has 9 heteroatoms. The van der Waals surface area contributed by atoms with E-state index in [1.807, 2.05) is 0 Å². The molecule has 0 saturated carbocycles. The zero-order valence-electron chi connectivity index (χ0n) is 14.7. The summed E-state index contributed by atoms with van der Waals surface area (Å²) < 4.78 is 29.7. The predicted molar refractivity (Wildman–Crippen MR) is 106 cm³/mol. The number of anilines is 1. The monoisotopic (exact) mass is 441 g/mol. The maximum absolute atomic E-state index is 12.5. The standard InChI is InChI=1S/C19H17Cl2NO5S/c20-16-3-1-2-12(18(16)21)10-17(23)22-14-4-6-15(7-5-14)28(25,26)11-13-8-9-27-19(13)24/h1-7,13H,8-11H2,(H,22,23). The molecule has 0 aromatic heterocycles. The van der Waals surface area contributed by atoms with Crippen LogP contribution in [0.25, 0.3) is 0 Å². The summed E-state index contributed by atoms with van der Waals surface area (Å²) in [6.07, 6.45) is 0.432. The van der Waals surface area contributed by atoms with Gasteiger partial charge in [0.2, 0.25) is 5.91 Å². The number of esters is 1. The summed E-state index contributed by atoms with van der Waals surface area (Å²) in [6.45, 7) is 0.251. The number of sulfone groups is 1. The summed E-state index contributed by atoms with van der Waals surface area (Å²) in [7, 11) is -3.63. The zero-order valence-corrected chi connectivity index (χ0v) is 17.0. The zero-order chi connectivity index (χ0) is 20.3. The summed E-state index contributed by atoms with van der Waals surface area (Å²) in [5.74, 6) is -1.71. The Kier molecular flexibility index (Phi) is 6.27. The van der Waals surface area contributed by atoms with E-state index in [1.54, 1.807) is 18.2 Å². The van der Waals surface area contributed by atoms with Crippen LogP contribution in [0.1, 0.15) is 12.0 Å². The Morgan fingerprint density at radius 3 is 2.50 bits per heavy atom. The molecule has 1 unspecified atom stereocenters. The second-order valence-corrected chi connectivity index (χ2v) is 9.22. The van der Waals surface area contributed by atoms with E-state index < -0.39 is 21.7 Å². The molecule has 1 saturated heterocycles. The number of carbonyl (C=O) groups excluding carboxylic acids is 2. The highest BCUT2D eigenvalue weighted by molar-refractivity contribution is 7.91. The molecule has 0 radical (unpaired) electrons. The molecular weight excluding hydrogens is 425 g/mol. The van der Waals surface area contributed by atoms with Gasteiger partial charge in [-0.05, 0) is 42.3 Å². The third kappa shape index (κ3) is 4.84. The molecule has 0 bridgehead atoms. The molecule has 6 nitrogen and oxygen atoms in total. The topological polar surface area (TPSA) is 89.5 Å². The summed E-state index contributed by atoms with van der Waals surface area (Å²) in [4.78, 5) is 23.8. The summed E-state index contributed by atoms with van der Waals surface area (Å²) >= 11 is 12.0. The Balaban J connectivity index is 1.64. The van der Waals surface area contributed by atoms with E-state index in [-0.39, 0.29) is 29.6 Å². The average molecular weight is 442 g/mol. The Hall–Kier alpha value is -2.09. The fourth-order valence-corrected chi connectivity index (χ4v) is 4.82. The van der Waals surface area contributed by atoms with Gasteiger partial charge < -0.3 is 10.1 Å². The van der Waals surface area contributed by atoms with E-state index in [9.17, 15) is 18.0 Å². The number of hydrogen-bond donors (Lipinski definition) is 1. The molecule has 3 rings (SSSR count). The van der Waals surface area contributed by atoms with E-state index in [4.69, 9.17) is 27.9 Å². The summed E-state index contributed by atoms with van der Waals surface area (Å²) in [6, 6.07) is 10.8. The normalized spacial score (nSPS) is 16.6. The van der Waals surface area contributed by atoms with Gasteiger partial charge in [-0.2, -0.15) is 0 Å². The van der Waals surface area contributed by atoms with Crippen molar-refractivity contribution in [2.75, 3.05) is 17.7 Å². The second-order valence-electron chi connectivity index (χ2n) is 6.40. The van der Waals surface area contributed by atoms with Crippen molar-refractivity contribution >= 4 is 50.6 Å². The third-order valence-electron chi connectivity index (χ3n) is 4.34. The number of rotatable bonds is 6. The van der Waals surface area contributed by atoms with Crippen LogP contribution in [0.4, 0.5) is 5.69 Å².